The average molecular weight is 236 g/mol. The molecule has 1 N–H and O–H groups in total. The highest BCUT2D eigenvalue weighted by Gasteiger charge is 2.40. The number of rotatable bonds is 1. The number of halogens is 3. The Balaban J connectivity index is 2.26. The van der Waals surface area contributed by atoms with E-state index in [1.807, 2.05) is 0 Å². The van der Waals surface area contributed by atoms with Crippen LogP contribution in [-0.4, -0.2) is 11.3 Å². The van der Waals surface area contributed by atoms with Crippen molar-refractivity contribution >= 4 is 11.3 Å². The third kappa shape index (κ3) is 2.18. The lowest BCUT2D eigenvalue weighted by Crippen LogP contribution is -2.19. The summed E-state index contributed by atoms with van der Waals surface area (Å²) >= 11 is 1.10. The van der Waals surface area contributed by atoms with Gasteiger partial charge in [0.25, 0.3) is 0 Å². The van der Waals surface area contributed by atoms with Gasteiger partial charge in [0.2, 0.25) is 0 Å². The molecule has 2 rings (SSSR count). The molecule has 0 saturated heterocycles. The van der Waals surface area contributed by atoms with Crippen molar-refractivity contribution in [3.63, 3.8) is 0 Å². The first-order chi connectivity index (χ1) is 6.98. The second kappa shape index (κ2) is 3.79. The molecule has 1 heterocycles. The second-order valence-corrected chi connectivity index (χ2v) is 4.92. The van der Waals surface area contributed by atoms with Crippen molar-refractivity contribution in [3.05, 3.63) is 21.4 Å². The molecule has 1 aliphatic carbocycles. The summed E-state index contributed by atoms with van der Waals surface area (Å²) in [7, 11) is 0. The van der Waals surface area contributed by atoms with E-state index in [4.69, 9.17) is 5.11 Å². The van der Waals surface area contributed by atoms with E-state index >= 15 is 0 Å². The van der Waals surface area contributed by atoms with Crippen LogP contribution in [0.3, 0.4) is 0 Å². The summed E-state index contributed by atoms with van der Waals surface area (Å²) in [6.45, 7) is 0. The minimum Gasteiger partial charge on any atom is -0.379 e. The quantitative estimate of drug-likeness (QED) is 0.793. The smallest absolute Gasteiger partial charge is 0.379 e. The summed E-state index contributed by atoms with van der Waals surface area (Å²) in [4.78, 5) is 1.05. The number of aliphatic hydroxyl groups excluding tert-OH is 1. The highest BCUT2D eigenvalue weighted by Crippen LogP contribution is 2.39. The van der Waals surface area contributed by atoms with Crippen LogP contribution in [0.25, 0.3) is 0 Å². The minimum absolute atomic E-state index is 0.0365. The Labute approximate surface area is 89.5 Å². The fourth-order valence-electron chi connectivity index (χ4n) is 1.81. The number of aryl methyl sites for hydroxylation is 2. The molecular weight excluding hydrogens is 225 g/mol. The molecule has 0 bridgehead atoms. The maximum absolute atomic E-state index is 12.3. The highest BCUT2D eigenvalue weighted by atomic mass is 32.1. The van der Waals surface area contributed by atoms with Crippen molar-refractivity contribution in [1.29, 1.82) is 0 Å². The third-order valence-corrected chi connectivity index (χ3v) is 3.88. The lowest BCUT2D eigenvalue weighted by molar-refractivity contribution is -0.205. The first kappa shape index (κ1) is 11.0. The molecule has 1 atom stereocenters. The zero-order valence-electron chi connectivity index (χ0n) is 7.97. The second-order valence-electron chi connectivity index (χ2n) is 3.75. The Bertz CT molecular complexity index is 333. The van der Waals surface area contributed by atoms with Crippen LogP contribution in [0.2, 0.25) is 0 Å². The van der Waals surface area contributed by atoms with Gasteiger partial charge in [-0.3, -0.25) is 0 Å². The molecule has 84 valence electrons. The highest BCUT2D eigenvalue weighted by molar-refractivity contribution is 7.12. The number of hydrogen-bond acceptors (Lipinski definition) is 2. The van der Waals surface area contributed by atoms with Crippen molar-refractivity contribution in [2.75, 3.05) is 0 Å². The number of fused-ring (bicyclic) bond motifs is 1. The molecule has 0 aromatic carbocycles. The monoisotopic (exact) mass is 236 g/mol. The van der Waals surface area contributed by atoms with Crippen LogP contribution in [0.1, 0.15) is 34.3 Å². The topological polar surface area (TPSA) is 20.2 Å². The van der Waals surface area contributed by atoms with Gasteiger partial charge in [0.15, 0.2) is 6.10 Å². The third-order valence-electron chi connectivity index (χ3n) is 2.60. The molecule has 0 fully saturated rings. The van der Waals surface area contributed by atoms with Crippen LogP contribution in [0.4, 0.5) is 13.2 Å². The van der Waals surface area contributed by atoms with Gasteiger partial charge in [-0.1, -0.05) is 0 Å². The van der Waals surface area contributed by atoms with Crippen molar-refractivity contribution in [2.24, 2.45) is 0 Å². The molecule has 1 aromatic rings. The van der Waals surface area contributed by atoms with Gasteiger partial charge >= 0.3 is 6.18 Å². The fraction of sp³-hybridized carbons (Fsp3) is 0.600. The SMILES string of the molecule is O[C@H](c1cc2c(s1)CCCC2)C(F)(F)F. The molecule has 1 aromatic heterocycles. The maximum Gasteiger partial charge on any atom is 0.419 e. The summed E-state index contributed by atoms with van der Waals surface area (Å²) in [5.74, 6) is 0. The molecule has 0 radical (unpaired) electrons. The fourth-order valence-corrected chi connectivity index (χ4v) is 3.08. The number of hydrogen-bond donors (Lipinski definition) is 1. The molecule has 1 nitrogen and oxygen atoms in total. The molecule has 15 heavy (non-hydrogen) atoms. The predicted molar refractivity (Wildman–Crippen MR) is 52.0 cm³/mol. The first-order valence-corrected chi connectivity index (χ1v) is 5.66. The number of aliphatic hydroxyl groups is 1. The van der Waals surface area contributed by atoms with E-state index in [9.17, 15) is 13.2 Å². The maximum atomic E-state index is 12.3. The van der Waals surface area contributed by atoms with Gasteiger partial charge in [-0.15, -0.1) is 11.3 Å². The molecule has 0 amide bonds. The number of alkyl halides is 3. The lowest BCUT2D eigenvalue weighted by atomic mass is 9.99. The van der Waals surface area contributed by atoms with E-state index in [1.54, 1.807) is 0 Å². The molecule has 0 spiro atoms. The van der Waals surface area contributed by atoms with Gasteiger partial charge in [0.05, 0.1) is 0 Å². The van der Waals surface area contributed by atoms with Crippen LogP contribution in [0.5, 0.6) is 0 Å². The Hall–Kier alpha value is -0.550. The first-order valence-electron chi connectivity index (χ1n) is 4.85. The van der Waals surface area contributed by atoms with Crippen LogP contribution in [-0.2, 0) is 12.8 Å². The average Bonchev–Trinajstić information content (AvgIpc) is 2.58. The van der Waals surface area contributed by atoms with E-state index in [0.717, 1.165) is 47.5 Å². The van der Waals surface area contributed by atoms with Gasteiger partial charge in [0.1, 0.15) is 0 Å². The molecule has 0 unspecified atom stereocenters. The van der Waals surface area contributed by atoms with Gasteiger partial charge in [-0.05, 0) is 37.3 Å². The molecule has 0 aliphatic heterocycles. The zero-order valence-corrected chi connectivity index (χ0v) is 8.79. The Morgan fingerprint density at radius 1 is 1.27 bits per heavy atom. The van der Waals surface area contributed by atoms with E-state index in [0.29, 0.717) is 0 Å². The lowest BCUT2D eigenvalue weighted by Gasteiger charge is -2.11. The molecule has 1 aliphatic rings. The molecule has 5 heteroatoms. The van der Waals surface area contributed by atoms with Crippen LogP contribution >= 0.6 is 11.3 Å². The summed E-state index contributed by atoms with van der Waals surface area (Å²) in [6.07, 6.45) is -3.09. The minimum atomic E-state index is -4.55. The van der Waals surface area contributed by atoms with Crippen LogP contribution < -0.4 is 0 Å². The van der Waals surface area contributed by atoms with E-state index in [2.05, 4.69) is 0 Å². The van der Waals surface area contributed by atoms with Crippen molar-refractivity contribution in [2.45, 2.75) is 38.0 Å². The summed E-state index contributed by atoms with van der Waals surface area (Å²) in [6, 6.07) is 1.51. The summed E-state index contributed by atoms with van der Waals surface area (Å²) < 4.78 is 36.8. The zero-order chi connectivity index (χ0) is 11.1. The van der Waals surface area contributed by atoms with Gasteiger partial charge in [0, 0.05) is 9.75 Å². The van der Waals surface area contributed by atoms with Gasteiger partial charge in [-0.2, -0.15) is 13.2 Å². The van der Waals surface area contributed by atoms with Gasteiger partial charge in [-0.25, -0.2) is 0 Å². The van der Waals surface area contributed by atoms with Gasteiger partial charge < -0.3 is 5.11 Å². The Morgan fingerprint density at radius 3 is 2.53 bits per heavy atom. The summed E-state index contributed by atoms with van der Waals surface area (Å²) in [5.41, 5.74) is 0.990. The van der Waals surface area contributed by atoms with E-state index in [1.165, 1.54) is 6.07 Å². The molecular formula is C10H11F3OS. The normalized spacial score (nSPS) is 18.7. The standard InChI is InChI=1S/C10H11F3OS/c11-10(12,13)9(14)8-5-6-3-1-2-4-7(6)15-8/h5,9,14H,1-4H2/t9-/m1/s1. The van der Waals surface area contributed by atoms with E-state index < -0.39 is 12.3 Å². The predicted octanol–water partition coefficient (Wildman–Crippen LogP) is 3.22. The van der Waals surface area contributed by atoms with Crippen molar-refractivity contribution < 1.29 is 18.3 Å². The van der Waals surface area contributed by atoms with Crippen molar-refractivity contribution in [1.82, 2.24) is 0 Å². The van der Waals surface area contributed by atoms with E-state index in [-0.39, 0.29) is 4.88 Å². The summed E-state index contributed by atoms with van der Waals surface area (Å²) in [5, 5.41) is 9.09. The largest absolute Gasteiger partial charge is 0.419 e. The molecule has 0 saturated carbocycles. The van der Waals surface area contributed by atoms with Crippen molar-refractivity contribution in [3.8, 4) is 0 Å². The van der Waals surface area contributed by atoms with Crippen LogP contribution in [0.15, 0.2) is 6.07 Å². The number of thiophene rings is 1. The Kier molecular flexibility index (Phi) is 2.77. The Morgan fingerprint density at radius 2 is 1.93 bits per heavy atom. The van der Waals surface area contributed by atoms with Crippen LogP contribution in [0, 0.1) is 0 Å².